The lowest BCUT2D eigenvalue weighted by Crippen LogP contribution is -2.47. The lowest BCUT2D eigenvalue weighted by molar-refractivity contribution is -0.00300. The van der Waals surface area contributed by atoms with Gasteiger partial charge in [0.15, 0.2) is 0 Å². The molecule has 20 heavy (non-hydrogen) atoms. The van der Waals surface area contributed by atoms with E-state index in [9.17, 15) is 5.11 Å². The maximum absolute atomic E-state index is 10.7. The van der Waals surface area contributed by atoms with E-state index in [0.717, 1.165) is 13.1 Å². The fourth-order valence-electron chi connectivity index (χ4n) is 2.60. The first-order valence-corrected chi connectivity index (χ1v) is 6.88. The normalized spacial score (nSPS) is 18.1. The van der Waals surface area contributed by atoms with E-state index in [4.69, 9.17) is 9.47 Å². The fourth-order valence-corrected chi connectivity index (χ4v) is 2.60. The largest absolute Gasteiger partial charge is 0.480 e. The van der Waals surface area contributed by atoms with E-state index in [2.05, 4.69) is 14.9 Å². The third kappa shape index (κ3) is 2.71. The van der Waals surface area contributed by atoms with Crippen LogP contribution in [0.2, 0.25) is 0 Å². The summed E-state index contributed by atoms with van der Waals surface area (Å²) in [4.78, 5) is 10.7. The fraction of sp³-hybridized carbons (Fsp3) is 0.714. The summed E-state index contributed by atoms with van der Waals surface area (Å²) < 4.78 is 10.3. The Hall–Kier alpha value is -1.40. The monoisotopic (exact) mass is 281 g/mol. The molecule has 2 heterocycles. The van der Waals surface area contributed by atoms with Gasteiger partial charge in [0.05, 0.1) is 20.4 Å². The van der Waals surface area contributed by atoms with Gasteiger partial charge in [-0.3, -0.25) is 4.90 Å². The highest BCUT2D eigenvalue weighted by molar-refractivity contribution is 5.27. The zero-order valence-electron chi connectivity index (χ0n) is 12.6. The van der Waals surface area contributed by atoms with Crippen LogP contribution in [0.25, 0.3) is 0 Å². The Labute approximate surface area is 119 Å². The van der Waals surface area contributed by atoms with Crippen molar-refractivity contribution in [2.45, 2.75) is 38.3 Å². The number of nitrogens with zero attached hydrogens (tertiary/aromatic N) is 3. The first-order chi connectivity index (χ1) is 9.50. The number of hydrogen-bond acceptors (Lipinski definition) is 6. The number of aromatic nitrogens is 2. The summed E-state index contributed by atoms with van der Waals surface area (Å²) in [6.07, 6.45) is 3.07. The Morgan fingerprint density at radius 2 is 1.90 bits per heavy atom. The summed E-state index contributed by atoms with van der Waals surface area (Å²) in [6, 6.07) is 0. The summed E-state index contributed by atoms with van der Waals surface area (Å²) >= 11 is 0. The molecule has 0 saturated carbocycles. The van der Waals surface area contributed by atoms with Gasteiger partial charge in [0.1, 0.15) is 11.8 Å². The van der Waals surface area contributed by atoms with E-state index in [1.165, 1.54) is 33.3 Å². The predicted octanol–water partition coefficient (Wildman–Crippen LogP) is 1.40. The number of hydrogen-bond donors (Lipinski definition) is 1. The smallest absolute Gasteiger partial charge is 0.241 e. The zero-order chi connectivity index (χ0) is 14.8. The van der Waals surface area contributed by atoms with Gasteiger partial charge >= 0.3 is 0 Å². The molecule has 0 radical (unpaired) electrons. The molecular weight excluding hydrogens is 258 g/mol. The molecule has 1 N–H and O–H groups in total. The van der Waals surface area contributed by atoms with Crippen LogP contribution in [0.15, 0.2) is 6.20 Å². The van der Waals surface area contributed by atoms with Crippen LogP contribution in [0.5, 0.6) is 11.8 Å². The molecule has 6 heteroatoms. The maximum atomic E-state index is 10.7. The first kappa shape index (κ1) is 15.0. The topological polar surface area (TPSA) is 67.7 Å². The summed E-state index contributed by atoms with van der Waals surface area (Å²) in [6.45, 7) is 6.04. The second kappa shape index (κ2) is 5.93. The molecule has 1 unspecified atom stereocenters. The quantitative estimate of drug-likeness (QED) is 0.880. The van der Waals surface area contributed by atoms with Crippen LogP contribution in [0, 0.1) is 0 Å². The molecule has 1 aromatic heterocycles. The number of likely N-dealkylation sites (tertiary alicyclic amines) is 1. The van der Waals surface area contributed by atoms with Crippen LogP contribution >= 0.6 is 0 Å². The number of rotatable bonds is 5. The van der Waals surface area contributed by atoms with Gasteiger partial charge in [-0.1, -0.05) is 0 Å². The van der Waals surface area contributed by atoms with Gasteiger partial charge in [0.25, 0.3) is 0 Å². The van der Waals surface area contributed by atoms with E-state index >= 15 is 0 Å². The summed E-state index contributed by atoms with van der Waals surface area (Å²) in [5.74, 6) is 0.681. The van der Waals surface area contributed by atoms with E-state index in [0.29, 0.717) is 17.5 Å². The summed E-state index contributed by atoms with van der Waals surface area (Å²) in [7, 11) is 3.04. The van der Waals surface area contributed by atoms with Crippen molar-refractivity contribution in [1.29, 1.82) is 0 Å². The van der Waals surface area contributed by atoms with Crippen molar-refractivity contribution in [2.75, 3.05) is 27.3 Å². The molecule has 2 rings (SSSR count). The van der Waals surface area contributed by atoms with Crippen molar-refractivity contribution in [3.8, 4) is 11.8 Å². The molecule has 6 nitrogen and oxygen atoms in total. The highest BCUT2D eigenvalue weighted by Crippen LogP contribution is 2.36. The van der Waals surface area contributed by atoms with Crippen molar-refractivity contribution in [3.63, 3.8) is 0 Å². The van der Waals surface area contributed by atoms with Crippen LogP contribution in [0.4, 0.5) is 0 Å². The van der Waals surface area contributed by atoms with Gasteiger partial charge in [0, 0.05) is 5.54 Å². The third-order valence-electron chi connectivity index (χ3n) is 4.00. The van der Waals surface area contributed by atoms with Gasteiger partial charge in [-0.25, -0.2) is 4.98 Å². The SMILES string of the molecule is COc1cnc(C(O)C(C)(C)N2CCCC2)c(OC)n1. The van der Waals surface area contributed by atoms with Crippen molar-refractivity contribution >= 4 is 0 Å². The lowest BCUT2D eigenvalue weighted by Gasteiger charge is -2.39. The van der Waals surface area contributed by atoms with Gasteiger partial charge in [-0.05, 0) is 39.8 Å². The zero-order valence-corrected chi connectivity index (χ0v) is 12.6. The Morgan fingerprint density at radius 1 is 1.25 bits per heavy atom. The van der Waals surface area contributed by atoms with Crippen molar-refractivity contribution in [2.24, 2.45) is 0 Å². The van der Waals surface area contributed by atoms with Crippen LogP contribution in [0.1, 0.15) is 38.5 Å². The molecule has 0 aromatic carbocycles. The minimum Gasteiger partial charge on any atom is -0.480 e. The minimum atomic E-state index is -0.769. The molecular formula is C14H23N3O3. The molecule has 112 valence electrons. The predicted molar refractivity (Wildman–Crippen MR) is 75.0 cm³/mol. The summed E-state index contributed by atoms with van der Waals surface area (Å²) in [5.41, 5.74) is 0.0396. The molecule has 1 aliphatic rings. The standard InChI is InChI=1S/C14H23N3O3/c1-14(2,17-7-5-6-8-17)12(18)11-13(20-4)16-10(19-3)9-15-11/h9,12,18H,5-8H2,1-4H3. The van der Waals surface area contributed by atoms with E-state index in [1.807, 2.05) is 13.8 Å². The van der Waals surface area contributed by atoms with Crippen LogP contribution in [-0.4, -0.2) is 52.8 Å². The van der Waals surface area contributed by atoms with E-state index < -0.39 is 11.6 Å². The molecule has 0 amide bonds. The minimum absolute atomic E-state index is 0.309. The highest BCUT2D eigenvalue weighted by Gasteiger charge is 2.39. The second-order valence-electron chi connectivity index (χ2n) is 5.56. The van der Waals surface area contributed by atoms with Crippen molar-refractivity contribution in [1.82, 2.24) is 14.9 Å². The third-order valence-corrected chi connectivity index (χ3v) is 4.00. The van der Waals surface area contributed by atoms with Gasteiger partial charge in [0.2, 0.25) is 11.8 Å². The van der Waals surface area contributed by atoms with Gasteiger partial charge in [-0.15, -0.1) is 0 Å². The first-order valence-electron chi connectivity index (χ1n) is 6.88. The van der Waals surface area contributed by atoms with Crippen molar-refractivity contribution < 1.29 is 14.6 Å². The molecule has 1 fully saturated rings. The number of methoxy groups -OCH3 is 2. The molecule has 0 aliphatic carbocycles. The van der Waals surface area contributed by atoms with E-state index in [-0.39, 0.29) is 0 Å². The Balaban J connectivity index is 2.29. The Bertz CT molecular complexity index is 459. The average molecular weight is 281 g/mol. The molecule has 1 saturated heterocycles. The Kier molecular flexibility index (Phi) is 4.45. The number of aliphatic hydroxyl groups is 1. The molecule has 1 aliphatic heterocycles. The Morgan fingerprint density at radius 3 is 2.45 bits per heavy atom. The van der Waals surface area contributed by atoms with Gasteiger partial charge in [-0.2, -0.15) is 4.98 Å². The molecule has 1 atom stereocenters. The van der Waals surface area contributed by atoms with Gasteiger partial charge < -0.3 is 14.6 Å². The molecule has 0 bridgehead atoms. The second-order valence-corrected chi connectivity index (χ2v) is 5.56. The molecule has 1 aromatic rings. The lowest BCUT2D eigenvalue weighted by atomic mass is 9.92. The van der Waals surface area contributed by atoms with E-state index in [1.54, 1.807) is 0 Å². The van der Waals surface area contributed by atoms with Crippen LogP contribution in [-0.2, 0) is 0 Å². The van der Waals surface area contributed by atoms with Crippen molar-refractivity contribution in [3.05, 3.63) is 11.9 Å². The molecule has 0 spiro atoms. The van der Waals surface area contributed by atoms with Crippen LogP contribution in [0.3, 0.4) is 0 Å². The number of ether oxygens (including phenoxy) is 2. The summed E-state index contributed by atoms with van der Waals surface area (Å²) in [5, 5.41) is 10.7. The maximum Gasteiger partial charge on any atom is 0.241 e. The highest BCUT2D eigenvalue weighted by atomic mass is 16.5. The van der Waals surface area contributed by atoms with Crippen LogP contribution < -0.4 is 9.47 Å². The average Bonchev–Trinajstić information content (AvgIpc) is 3.00. The number of aliphatic hydroxyl groups excluding tert-OH is 1.